The Morgan fingerprint density at radius 2 is 1.66 bits per heavy atom. The summed E-state index contributed by atoms with van der Waals surface area (Å²) in [4.78, 5) is 17.5. The highest BCUT2D eigenvalue weighted by molar-refractivity contribution is 6.30. The number of piperazine rings is 1. The SMILES string of the molecule is CCOc1ccc(C(=O)N2CCN(c3cc(Cl)ccc3C)CC2)cc1COc1ccccc1OC. The van der Waals surface area contributed by atoms with E-state index in [2.05, 4.69) is 11.8 Å². The fraction of sp³-hybridized carbons (Fsp3) is 0.321. The van der Waals surface area contributed by atoms with Crippen LogP contribution in [0.15, 0.2) is 60.7 Å². The van der Waals surface area contributed by atoms with Crippen LogP contribution in [0.2, 0.25) is 5.02 Å². The molecular formula is C28H31ClN2O4. The molecule has 1 amide bonds. The summed E-state index contributed by atoms with van der Waals surface area (Å²) in [7, 11) is 1.61. The third kappa shape index (κ3) is 5.82. The number of nitrogens with zero attached hydrogens (tertiary/aromatic N) is 2. The van der Waals surface area contributed by atoms with E-state index in [4.69, 9.17) is 25.8 Å². The van der Waals surface area contributed by atoms with Gasteiger partial charge in [-0.15, -0.1) is 0 Å². The number of carbonyl (C=O) groups is 1. The predicted molar refractivity (Wildman–Crippen MR) is 139 cm³/mol. The van der Waals surface area contributed by atoms with Crippen LogP contribution < -0.4 is 19.1 Å². The first-order chi connectivity index (χ1) is 17.0. The van der Waals surface area contributed by atoms with E-state index >= 15 is 0 Å². The Morgan fingerprint density at radius 1 is 0.914 bits per heavy atom. The standard InChI is InChI=1S/C28H31ClN2O4/c1-4-34-25-12-10-21(17-22(25)19-35-27-8-6-5-7-26(27)33-3)28(32)31-15-13-30(14-16-31)24-18-23(29)11-9-20(24)2/h5-12,17-18H,4,13-16,19H2,1-3H3. The minimum Gasteiger partial charge on any atom is -0.493 e. The van der Waals surface area contributed by atoms with Crippen LogP contribution in [0.5, 0.6) is 17.2 Å². The molecule has 0 radical (unpaired) electrons. The Hall–Kier alpha value is -3.38. The zero-order chi connectivity index (χ0) is 24.8. The van der Waals surface area contributed by atoms with Gasteiger partial charge in [-0.2, -0.15) is 0 Å². The molecule has 4 rings (SSSR count). The molecule has 3 aromatic carbocycles. The van der Waals surface area contributed by atoms with Crippen LogP contribution in [-0.4, -0.2) is 50.7 Å². The molecule has 0 N–H and O–H groups in total. The highest BCUT2D eigenvalue weighted by atomic mass is 35.5. The van der Waals surface area contributed by atoms with Crippen molar-refractivity contribution >= 4 is 23.2 Å². The Bertz CT molecular complexity index is 1180. The van der Waals surface area contributed by atoms with E-state index in [9.17, 15) is 4.79 Å². The predicted octanol–water partition coefficient (Wildman–Crippen LogP) is 5.60. The monoisotopic (exact) mass is 494 g/mol. The summed E-state index contributed by atoms with van der Waals surface area (Å²) in [5.74, 6) is 2.02. The zero-order valence-corrected chi connectivity index (χ0v) is 21.2. The fourth-order valence-corrected chi connectivity index (χ4v) is 4.44. The molecule has 1 aliphatic rings. The smallest absolute Gasteiger partial charge is 0.253 e. The van der Waals surface area contributed by atoms with E-state index in [0.717, 1.165) is 29.4 Å². The lowest BCUT2D eigenvalue weighted by atomic mass is 10.1. The molecule has 0 aliphatic carbocycles. The Labute approximate surface area is 212 Å². The molecule has 3 aromatic rings. The number of aryl methyl sites for hydroxylation is 1. The number of methoxy groups -OCH3 is 1. The highest BCUT2D eigenvalue weighted by Crippen LogP contribution is 2.30. The second-order valence-corrected chi connectivity index (χ2v) is 8.84. The largest absolute Gasteiger partial charge is 0.493 e. The lowest BCUT2D eigenvalue weighted by Gasteiger charge is -2.37. The van der Waals surface area contributed by atoms with Crippen molar-refractivity contribution < 1.29 is 19.0 Å². The first kappa shape index (κ1) is 24.7. The van der Waals surface area contributed by atoms with Gasteiger partial charge < -0.3 is 24.0 Å². The molecule has 35 heavy (non-hydrogen) atoms. The van der Waals surface area contributed by atoms with Crippen LogP contribution >= 0.6 is 11.6 Å². The van der Waals surface area contributed by atoms with Crippen molar-refractivity contribution in [3.05, 3.63) is 82.4 Å². The molecule has 6 nitrogen and oxygen atoms in total. The Balaban J connectivity index is 1.46. The fourth-order valence-electron chi connectivity index (χ4n) is 4.27. The molecule has 0 unspecified atom stereocenters. The van der Waals surface area contributed by atoms with Crippen molar-refractivity contribution in [2.75, 3.05) is 44.8 Å². The summed E-state index contributed by atoms with van der Waals surface area (Å²) in [6.07, 6.45) is 0. The van der Waals surface area contributed by atoms with E-state index in [-0.39, 0.29) is 12.5 Å². The molecular weight excluding hydrogens is 464 g/mol. The Kier molecular flexibility index (Phi) is 8.03. The van der Waals surface area contributed by atoms with Gasteiger partial charge in [-0.3, -0.25) is 4.79 Å². The van der Waals surface area contributed by atoms with Gasteiger partial charge in [-0.25, -0.2) is 0 Å². The maximum absolute atomic E-state index is 13.3. The topological polar surface area (TPSA) is 51.2 Å². The molecule has 0 bridgehead atoms. The van der Waals surface area contributed by atoms with Crippen LogP contribution in [0.3, 0.4) is 0 Å². The lowest BCUT2D eigenvalue weighted by Crippen LogP contribution is -2.49. The van der Waals surface area contributed by atoms with E-state index in [0.29, 0.717) is 42.5 Å². The molecule has 1 saturated heterocycles. The number of ether oxygens (including phenoxy) is 3. The van der Waals surface area contributed by atoms with Gasteiger partial charge in [0.1, 0.15) is 12.4 Å². The molecule has 1 aliphatic heterocycles. The molecule has 0 spiro atoms. The first-order valence-electron chi connectivity index (χ1n) is 11.8. The molecule has 1 heterocycles. The second-order valence-electron chi connectivity index (χ2n) is 8.41. The van der Waals surface area contributed by atoms with E-state index < -0.39 is 0 Å². The maximum Gasteiger partial charge on any atom is 0.253 e. The summed E-state index contributed by atoms with van der Waals surface area (Å²) in [6, 6.07) is 19.0. The van der Waals surface area contributed by atoms with Gasteiger partial charge in [0.2, 0.25) is 0 Å². The minimum atomic E-state index is 0.00839. The normalized spacial score (nSPS) is 13.5. The summed E-state index contributed by atoms with van der Waals surface area (Å²) < 4.78 is 17.2. The first-order valence-corrected chi connectivity index (χ1v) is 12.2. The maximum atomic E-state index is 13.3. The number of anilines is 1. The average molecular weight is 495 g/mol. The quantitative estimate of drug-likeness (QED) is 0.408. The van der Waals surface area contributed by atoms with Crippen LogP contribution in [-0.2, 0) is 6.61 Å². The third-order valence-corrected chi connectivity index (χ3v) is 6.37. The molecule has 1 fully saturated rings. The van der Waals surface area contributed by atoms with E-state index in [1.54, 1.807) is 7.11 Å². The highest BCUT2D eigenvalue weighted by Gasteiger charge is 2.24. The van der Waals surface area contributed by atoms with Crippen molar-refractivity contribution in [1.82, 2.24) is 4.90 Å². The van der Waals surface area contributed by atoms with Gasteiger partial charge >= 0.3 is 0 Å². The molecule has 0 aromatic heterocycles. The van der Waals surface area contributed by atoms with Gasteiger partial charge in [0.15, 0.2) is 11.5 Å². The number of hydrogen-bond acceptors (Lipinski definition) is 5. The third-order valence-electron chi connectivity index (χ3n) is 6.14. The number of para-hydroxylation sites is 2. The summed E-state index contributed by atoms with van der Waals surface area (Å²) >= 11 is 6.21. The number of carbonyl (C=O) groups excluding carboxylic acids is 1. The van der Waals surface area contributed by atoms with Crippen LogP contribution in [0.25, 0.3) is 0 Å². The van der Waals surface area contributed by atoms with Crippen molar-refractivity contribution in [3.63, 3.8) is 0 Å². The number of hydrogen-bond donors (Lipinski definition) is 0. The summed E-state index contributed by atoms with van der Waals surface area (Å²) in [5, 5.41) is 0.723. The van der Waals surface area contributed by atoms with Crippen molar-refractivity contribution in [2.45, 2.75) is 20.5 Å². The molecule has 0 saturated carbocycles. The van der Waals surface area contributed by atoms with Gasteiger partial charge in [0, 0.05) is 48.0 Å². The average Bonchev–Trinajstić information content (AvgIpc) is 2.89. The number of halogens is 1. The van der Waals surface area contributed by atoms with E-state index in [1.807, 2.05) is 72.5 Å². The number of amides is 1. The van der Waals surface area contributed by atoms with Gasteiger partial charge in [-0.05, 0) is 61.9 Å². The van der Waals surface area contributed by atoms with Gasteiger partial charge in [-0.1, -0.05) is 29.8 Å². The number of benzene rings is 3. The molecule has 184 valence electrons. The summed E-state index contributed by atoms with van der Waals surface area (Å²) in [5.41, 5.74) is 3.75. The van der Waals surface area contributed by atoms with Crippen molar-refractivity contribution in [2.24, 2.45) is 0 Å². The number of rotatable bonds is 8. The Morgan fingerprint density at radius 3 is 2.37 bits per heavy atom. The van der Waals surface area contributed by atoms with Gasteiger partial charge in [0.25, 0.3) is 5.91 Å². The van der Waals surface area contributed by atoms with Crippen molar-refractivity contribution in [3.8, 4) is 17.2 Å². The van der Waals surface area contributed by atoms with Gasteiger partial charge in [0.05, 0.1) is 13.7 Å². The molecule has 7 heteroatoms. The van der Waals surface area contributed by atoms with Crippen molar-refractivity contribution in [1.29, 1.82) is 0 Å². The molecule has 0 atom stereocenters. The zero-order valence-electron chi connectivity index (χ0n) is 20.4. The van der Waals surface area contributed by atoms with Crippen LogP contribution in [0, 0.1) is 6.92 Å². The summed E-state index contributed by atoms with van der Waals surface area (Å²) in [6.45, 7) is 7.61. The second kappa shape index (κ2) is 11.4. The lowest BCUT2D eigenvalue weighted by molar-refractivity contribution is 0.0746. The van der Waals surface area contributed by atoms with Crippen LogP contribution in [0.4, 0.5) is 5.69 Å². The van der Waals surface area contributed by atoms with Crippen LogP contribution in [0.1, 0.15) is 28.4 Å². The van der Waals surface area contributed by atoms with E-state index in [1.165, 1.54) is 5.56 Å². The minimum absolute atomic E-state index is 0.00839.